The lowest BCUT2D eigenvalue weighted by atomic mass is 10.1. The topological polar surface area (TPSA) is 99.3 Å². The highest BCUT2D eigenvalue weighted by Gasteiger charge is 2.10. The maximum Gasteiger partial charge on any atom is 0.336 e. The van der Waals surface area contributed by atoms with E-state index < -0.39 is 11.9 Å². The summed E-state index contributed by atoms with van der Waals surface area (Å²) in [5.74, 6) is -1.48. The summed E-state index contributed by atoms with van der Waals surface area (Å²) in [5, 5.41) is 11.6. The van der Waals surface area contributed by atoms with Crippen LogP contribution in [0.15, 0.2) is 41.3 Å². The molecule has 3 N–H and O–H groups in total. The van der Waals surface area contributed by atoms with E-state index in [1.54, 1.807) is 19.1 Å². The first-order valence-electron chi connectivity index (χ1n) is 5.81. The number of pyridine rings is 1. The van der Waals surface area contributed by atoms with Crippen LogP contribution >= 0.6 is 0 Å². The van der Waals surface area contributed by atoms with Crippen LogP contribution in [-0.2, 0) is 0 Å². The summed E-state index contributed by atoms with van der Waals surface area (Å²) in [5.41, 5.74) is 1.10. The number of carbonyl (C=O) groups is 2. The first kappa shape index (κ1) is 13.5. The van der Waals surface area contributed by atoms with E-state index in [1.807, 2.05) is 0 Å². The number of aryl methyl sites for hydroxylation is 1. The number of carboxylic acids is 1. The van der Waals surface area contributed by atoms with E-state index in [0.29, 0.717) is 11.3 Å². The Bertz CT molecular complexity index is 714. The standard InChI is InChI=1S/C14H12N2O4/c1-8-2-4-10(6-11(8)14(19)20)16-13(18)9-3-5-12(17)15-7-9/h2-7H,1H3,(H,15,17)(H,16,18)(H,19,20). The Morgan fingerprint density at radius 1 is 1.20 bits per heavy atom. The van der Waals surface area contributed by atoms with Crippen molar-refractivity contribution < 1.29 is 14.7 Å². The fraction of sp³-hybridized carbons (Fsp3) is 0.0714. The molecular weight excluding hydrogens is 260 g/mol. The van der Waals surface area contributed by atoms with E-state index in [9.17, 15) is 14.4 Å². The molecule has 0 saturated carbocycles. The van der Waals surface area contributed by atoms with Crippen molar-refractivity contribution in [2.45, 2.75) is 6.92 Å². The Hall–Kier alpha value is -2.89. The van der Waals surface area contributed by atoms with Crippen molar-refractivity contribution in [3.63, 3.8) is 0 Å². The molecule has 1 aromatic carbocycles. The van der Waals surface area contributed by atoms with Gasteiger partial charge in [-0.3, -0.25) is 9.59 Å². The summed E-state index contributed by atoms with van der Waals surface area (Å²) in [6.45, 7) is 1.68. The first-order chi connectivity index (χ1) is 9.47. The summed E-state index contributed by atoms with van der Waals surface area (Å²) in [6.07, 6.45) is 1.30. The monoisotopic (exact) mass is 272 g/mol. The molecule has 6 heteroatoms. The third-order valence-corrected chi connectivity index (χ3v) is 2.77. The minimum Gasteiger partial charge on any atom is -0.478 e. The lowest BCUT2D eigenvalue weighted by Gasteiger charge is -2.07. The molecular formula is C14H12N2O4. The van der Waals surface area contributed by atoms with Crippen molar-refractivity contribution in [3.05, 3.63) is 63.6 Å². The van der Waals surface area contributed by atoms with Gasteiger partial charge in [0.25, 0.3) is 5.91 Å². The van der Waals surface area contributed by atoms with Gasteiger partial charge in [0.15, 0.2) is 0 Å². The van der Waals surface area contributed by atoms with Crippen molar-refractivity contribution in [2.24, 2.45) is 0 Å². The highest BCUT2D eigenvalue weighted by Crippen LogP contribution is 2.16. The van der Waals surface area contributed by atoms with E-state index in [2.05, 4.69) is 10.3 Å². The summed E-state index contributed by atoms with van der Waals surface area (Å²) in [7, 11) is 0. The van der Waals surface area contributed by atoms with Gasteiger partial charge in [-0.2, -0.15) is 0 Å². The summed E-state index contributed by atoms with van der Waals surface area (Å²) < 4.78 is 0. The summed E-state index contributed by atoms with van der Waals surface area (Å²) >= 11 is 0. The third kappa shape index (κ3) is 2.92. The zero-order chi connectivity index (χ0) is 14.7. The van der Waals surface area contributed by atoms with Crippen LogP contribution in [0.2, 0.25) is 0 Å². The molecule has 0 atom stereocenters. The first-order valence-corrected chi connectivity index (χ1v) is 5.81. The van der Waals surface area contributed by atoms with Gasteiger partial charge in [-0.25, -0.2) is 4.79 Å². The predicted octanol–water partition coefficient (Wildman–Crippen LogP) is 1.63. The SMILES string of the molecule is Cc1ccc(NC(=O)c2ccc(=O)[nH]c2)cc1C(=O)O. The van der Waals surface area contributed by atoms with E-state index in [1.165, 1.54) is 24.4 Å². The van der Waals surface area contributed by atoms with Crippen LogP contribution in [0.25, 0.3) is 0 Å². The lowest BCUT2D eigenvalue weighted by Crippen LogP contribution is -2.15. The van der Waals surface area contributed by atoms with Gasteiger partial charge in [-0.1, -0.05) is 6.07 Å². The second-order valence-electron chi connectivity index (χ2n) is 4.23. The summed E-state index contributed by atoms with van der Waals surface area (Å²) in [6, 6.07) is 7.26. The molecule has 20 heavy (non-hydrogen) atoms. The number of H-pyrrole nitrogens is 1. The number of benzene rings is 1. The van der Waals surface area contributed by atoms with Crippen LogP contribution in [0.4, 0.5) is 5.69 Å². The number of carboxylic acid groups (broad SMARTS) is 1. The average Bonchev–Trinajstić information content (AvgIpc) is 2.41. The average molecular weight is 272 g/mol. The normalized spacial score (nSPS) is 10.1. The molecule has 0 unspecified atom stereocenters. The number of nitrogens with one attached hydrogen (secondary N) is 2. The Labute approximate surface area is 114 Å². The molecule has 0 saturated heterocycles. The van der Waals surface area contributed by atoms with Gasteiger partial charge in [-0.15, -0.1) is 0 Å². The van der Waals surface area contributed by atoms with Gasteiger partial charge in [0, 0.05) is 18.0 Å². The molecule has 1 aromatic heterocycles. The molecule has 0 fully saturated rings. The quantitative estimate of drug-likeness (QED) is 0.790. The number of hydrogen-bond acceptors (Lipinski definition) is 3. The van der Waals surface area contributed by atoms with Crippen LogP contribution in [-0.4, -0.2) is 22.0 Å². The number of rotatable bonds is 3. The van der Waals surface area contributed by atoms with Gasteiger partial charge < -0.3 is 15.4 Å². The third-order valence-electron chi connectivity index (χ3n) is 2.77. The molecule has 1 amide bonds. The highest BCUT2D eigenvalue weighted by atomic mass is 16.4. The highest BCUT2D eigenvalue weighted by molar-refractivity contribution is 6.04. The molecule has 6 nitrogen and oxygen atoms in total. The number of amides is 1. The van der Waals surface area contributed by atoms with Crippen molar-refractivity contribution in [2.75, 3.05) is 5.32 Å². The van der Waals surface area contributed by atoms with E-state index in [4.69, 9.17) is 5.11 Å². The number of aromatic carboxylic acids is 1. The molecule has 0 bridgehead atoms. The minimum atomic E-state index is -1.05. The molecule has 102 valence electrons. The van der Waals surface area contributed by atoms with Crippen molar-refractivity contribution in [3.8, 4) is 0 Å². The molecule has 0 aliphatic carbocycles. The Morgan fingerprint density at radius 2 is 1.95 bits per heavy atom. The molecule has 0 aliphatic rings. The van der Waals surface area contributed by atoms with Crippen LogP contribution in [0.1, 0.15) is 26.3 Å². The minimum absolute atomic E-state index is 0.129. The van der Waals surface area contributed by atoms with Gasteiger partial charge in [0.1, 0.15) is 0 Å². The van der Waals surface area contributed by atoms with Gasteiger partial charge in [-0.05, 0) is 30.7 Å². The van der Waals surface area contributed by atoms with E-state index in [0.717, 1.165) is 0 Å². The predicted molar refractivity (Wildman–Crippen MR) is 73.2 cm³/mol. The zero-order valence-corrected chi connectivity index (χ0v) is 10.6. The Morgan fingerprint density at radius 3 is 2.55 bits per heavy atom. The van der Waals surface area contributed by atoms with Crippen LogP contribution in [0.5, 0.6) is 0 Å². The van der Waals surface area contributed by atoms with Gasteiger partial charge >= 0.3 is 5.97 Å². The Balaban J connectivity index is 2.24. The largest absolute Gasteiger partial charge is 0.478 e. The van der Waals surface area contributed by atoms with E-state index in [-0.39, 0.29) is 16.7 Å². The maximum absolute atomic E-state index is 11.9. The van der Waals surface area contributed by atoms with Crippen molar-refractivity contribution >= 4 is 17.6 Å². The molecule has 1 heterocycles. The molecule has 2 aromatic rings. The molecule has 2 rings (SSSR count). The van der Waals surface area contributed by atoms with E-state index >= 15 is 0 Å². The van der Waals surface area contributed by atoms with Gasteiger partial charge in [0.2, 0.25) is 5.56 Å². The lowest BCUT2D eigenvalue weighted by molar-refractivity contribution is 0.0695. The van der Waals surface area contributed by atoms with Crippen LogP contribution < -0.4 is 10.9 Å². The number of aromatic amines is 1. The maximum atomic E-state index is 11.9. The number of anilines is 1. The fourth-order valence-electron chi connectivity index (χ4n) is 1.69. The Kier molecular flexibility index (Phi) is 3.65. The second-order valence-corrected chi connectivity index (χ2v) is 4.23. The molecule has 0 spiro atoms. The number of aromatic nitrogens is 1. The van der Waals surface area contributed by atoms with Crippen LogP contribution in [0, 0.1) is 6.92 Å². The fourth-order valence-corrected chi connectivity index (χ4v) is 1.69. The zero-order valence-electron chi connectivity index (χ0n) is 10.6. The molecule has 0 radical (unpaired) electrons. The number of carbonyl (C=O) groups excluding carboxylic acids is 1. The smallest absolute Gasteiger partial charge is 0.336 e. The van der Waals surface area contributed by atoms with Gasteiger partial charge in [0.05, 0.1) is 11.1 Å². The van der Waals surface area contributed by atoms with Crippen LogP contribution in [0.3, 0.4) is 0 Å². The van der Waals surface area contributed by atoms with Crippen molar-refractivity contribution in [1.29, 1.82) is 0 Å². The number of hydrogen-bond donors (Lipinski definition) is 3. The summed E-state index contributed by atoms with van der Waals surface area (Å²) in [4.78, 5) is 36.2. The second kappa shape index (κ2) is 5.40. The molecule has 0 aliphatic heterocycles. The van der Waals surface area contributed by atoms with Crippen molar-refractivity contribution in [1.82, 2.24) is 4.98 Å².